The van der Waals surface area contributed by atoms with Gasteiger partial charge in [-0.15, -0.1) is 0 Å². The third-order valence-corrected chi connectivity index (χ3v) is 4.70. The number of aryl methyl sites for hydroxylation is 1. The maximum Gasteiger partial charge on any atom is 0.317 e. The summed E-state index contributed by atoms with van der Waals surface area (Å²) in [6.45, 7) is 3.23. The van der Waals surface area contributed by atoms with Crippen LogP contribution in [0.3, 0.4) is 0 Å². The number of carbonyl (C=O) groups is 3. The fourth-order valence-corrected chi connectivity index (χ4v) is 2.97. The molecule has 0 unspecified atom stereocenters. The predicted octanol–water partition coefficient (Wildman–Crippen LogP) is 2.04. The number of likely N-dealkylation sites (tertiary alicyclic amines) is 1. The van der Waals surface area contributed by atoms with E-state index in [0.29, 0.717) is 50.0 Å². The monoisotopic (exact) mass is 379 g/mol. The summed E-state index contributed by atoms with van der Waals surface area (Å²) in [6, 6.07) is 4.67. The van der Waals surface area contributed by atoms with E-state index in [4.69, 9.17) is 5.11 Å². The second kappa shape index (κ2) is 9.89. The van der Waals surface area contributed by atoms with Gasteiger partial charge in [-0.05, 0) is 43.4 Å². The number of benzene rings is 1. The quantitative estimate of drug-likeness (QED) is 0.632. The Morgan fingerprint density at radius 3 is 2.56 bits per heavy atom. The van der Waals surface area contributed by atoms with Crippen LogP contribution in [0.5, 0.6) is 0 Å². The summed E-state index contributed by atoms with van der Waals surface area (Å²) in [5, 5.41) is 14.1. The van der Waals surface area contributed by atoms with Crippen molar-refractivity contribution in [1.82, 2.24) is 15.5 Å². The Kier molecular flexibility index (Phi) is 7.57. The predicted molar refractivity (Wildman–Crippen MR) is 97.5 cm³/mol. The molecular weight excluding hydrogens is 353 g/mol. The molecule has 1 heterocycles. The minimum atomic E-state index is -0.885. The van der Waals surface area contributed by atoms with Gasteiger partial charge >= 0.3 is 12.0 Å². The first kappa shape index (κ1) is 20.7. The highest BCUT2D eigenvalue weighted by atomic mass is 19.1. The molecule has 1 saturated heterocycles. The van der Waals surface area contributed by atoms with Crippen molar-refractivity contribution in [3.05, 3.63) is 35.1 Å². The largest absolute Gasteiger partial charge is 0.481 e. The van der Waals surface area contributed by atoms with Crippen molar-refractivity contribution in [1.29, 1.82) is 0 Å². The lowest BCUT2D eigenvalue weighted by Gasteiger charge is -2.31. The molecule has 0 saturated carbocycles. The van der Waals surface area contributed by atoms with Crippen molar-refractivity contribution in [2.45, 2.75) is 39.2 Å². The number of hydrogen-bond acceptors (Lipinski definition) is 3. The molecule has 1 aliphatic heterocycles. The molecule has 148 valence electrons. The number of nitrogens with one attached hydrogen (secondary N) is 2. The second-order valence-electron chi connectivity index (χ2n) is 6.79. The summed E-state index contributed by atoms with van der Waals surface area (Å²) in [6.07, 6.45) is 1.54. The highest BCUT2D eigenvalue weighted by Crippen LogP contribution is 2.18. The number of halogens is 1. The Labute approximate surface area is 157 Å². The minimum Gasteiger partial charge on any atom is -0.481 e. The number of rotatable bonds is 7. The van der Waals surface area contributed by atoms with E-state index in [9.17, 15) is 18.8 Å². The van der Waals surface area contributed by atoms with Crippen molar-refractivity contribution < 1.29 is 23.9 Å². The Hall–Kier alpha value is -2.64. The molecule has 7 nitrogen and oxygen atoms in total. The average Bonchev–Trinajstić information content (AvgIpc) is 2.65. The van der Waals surface area contributed by atoms with Crippen LogP contribution in [0.2, 0.25) is 0 Å². The van der Waals surface area contributed by atoms with E-state index in [1.807, 2.05) is 0 Å². The lowest BCUT2D eigenvalue weighted by Crippen LogP contribution is -2.47. The van der Waals surface area contributed by atoms with Gasteiger partial charge in [0, 0.05) is 38.5 Å². The molecule has 27 heavy (non-hydrogen) atoms. The van der Waals surface area contributed by atoms with Crippen LogP contribution in [0.4, 0.5) is 9.18 Å². The molecule has 0 spiro atoms. The third kappa shape index (κ3) is 6.54. The first-order chi connectivity index (χ1) is 12.9. The van der Waals surface area contributed by atoms with Gasteiger partial charge < -0.3 is 20.6 Å². The Morgan fingerprint density at radius 1 is 1.22 bits per heavy atom. The van der Waals surface area contributed by atoms with Crippen molar-refractivity contribution in [2.24, 2.45) is 5.92 Å². The SMILES string of the molecule is Cc1ccc(CNC(=O)C2CCN(C(=O)NCCCC(=O)O)CC2)cc1F. The molecule has 1 aromatic carbocycles. The zero-order valence-electron chi connectivity index (χ0n) is 15.5. The Balaban J connectivity index is 1.69. The number of aliphatic carboxylic acids is 1. The number of piperidine rings is 1. The van der Waals surface area contributed by atoms with E-state index >= 15 is 0 Å². The maximum atomic E-state index is 13.5. The first-order valence-electron chi connectivity index (χ1n) is 9.14. The lowest BCUT2D eigenvalue weighted by atomic mass is 9.96. The van der Waals surface area contributed by atoms with Crippen LogP contribution in [0.15, 0.2) is 18.2 Å². The Morgan fingerprint density at radius 2 is 1.93 bits per heavy atom. The second-order valence-corrected chi connectivity index (χ2v) is 6.79. The fourth-order valence-electron chi connectivity index (χ4n) is 2.97. The highest BCUT2D eigenvalue weighted by Gasteiger charge is 2.27. The van der Waals surface area contributed by atoms with E-state index in [-0.39, 0.29) is 36.6 Å². The van der Waals surface area contributed by atoms with Crippen LogP contribution in [-0.2, 0) is 16.1 Å². The summed E-state index contributed by atoms with van der Waals surface area (Å²) in [4.78, 5) is 36.4. The molecule has 0 aliphatic carbocycles. The minimum absolute atomic E-state index is 0.0212. The number of urea groups is 1. The summed E-state index contributed by atoms with van der Waals surface area (Å²) < 4.78 is 13.5. The van der Waals surface area contributed by atoms with E-state index < -0.39 is 5.97 Å². The van der Waals surface area contributed by atoms with Gasteiger partial charge in [-0.2, -0.15) is 0 Å². The normalized spacial score (nSPS) is 14.7. The number of carboxylic acid groups (broad SMARTS) is 1. The molecule has 3 amide bonds. The van der Waals surface area contributed by atoms with Crippen LogP contribution in [0.1, 0.15) is 36.8 Å². The smallest absolute Gasteiger partial charge is 0.317 e. The Bertz CT molecular complexity index is 688. The van der Waals surface area contributed by atoms with Gasteiger partial charge in [0.25, 0.3) is 0 Å². The van der Waals surface area contributed by atoms with Crippen LogP contribution in [0, 0.1) is 18.7 Å². The third-order valence-electron chi connectivity index (χ3n) is 4.70. The summed E-state index contributed by atoms with van der Waals surface area (Å²) in [7, 11) is 0. The number of hydrogen-bond donors (Lipinski definition) is 3. The molecule has 0 bridgehead atoms. The topological polar surface area (TPSA) is 98.7 Å². The highest BCUT2D eigenvalue weighted by molar-refractivity contribution is 5.79. The van der Waals surface area contributed by atoms with Gasteiger partial charge in [0.1, 0.15) is 5.82 Å². The van der Waals surface area contributed by atoms with E-state index in [1.165, 1.54) is 6.07 Å². The van der Waals surface area contributed by atoms with Crippen molar-refractivity contribution in [3.63, 3.8) is 0 Å². The van der Waals surface area contributed by atoms with E-state index in [2.05, 4.69) is 10.6 Å². The van der Waals surface area contributed by atoms with Gasteiger partial charge in [-0.25, -0.2) is 9.18 Å². The average molecular weight is 379 g/mol. The van der Waals surface area contributed by atoms with Crippen molar-refractivity contribution in [2.75, 3.05) is 19.6 Å². The van der Waals surface area contributed by atoms with Crippen molar-refractivity contribution >= 4 is 17.9 Å². The molecular formula is C19H26FN3O4. The van der Waals surface area contributed by atoms with Crippen molar-refractivity contribution in [3.8, 4) is 0 Å². The van der Waals surface area contributed by atoms with Crippen LogP contribution < -0.4 is 10.6 Å². The number of amides is 3. The molecule has 2 rings (SSSR count). The fraction of sp³-hybridized carbons (Fsp3) is 0.526. The lowest BCUT2D eigenvalue weighted by molar-refractivity contribution is -0.137. The standard InChI is InChI=1S/C19H26FN3O4/c1-13-4-5-14(11-16(13)20)12-22-18(26)15-6-9-23(10-7-15)19(27)21-8-2-3-17(24)25/h4-5,11,15H,2-3,6-10,12H2,1H3,(H,21,27)(H,22,26)(H,24,25). The molecule has 0 radical (unpaired) electrons. The molecule has 1 aromatic rings. The number of carbonyl (C=O) groups excluding carboxylic acids is 2. The number of nitrogens with zero attached hydrogens (tertiary/aromatic N) is 1. The zero-order chi connectivity index (χ0) is 19.8. The zero-order valence-corrected chi connectivity index (χ0v) is 15.5. The van der Waals surface area contributed by atoms with Gasteiger partial charge in [-0.3, -0.25) is 9.59 Å². The molecule has 8 heteroatoms. The van der Waals surface area contributed by atoms with Crippen LogP contribution >= 0.6 is 0 Å². The van der Waals surface area contributed by atoms with Gasteiger partial charge in [-0.1, -0.05) is 12.1 Å². The summed E-state index contributed by atoms with van der Waals surface area (Å²) >= 11 is 0. The molecule has 1 aliphatic rings. The van der Waals surface area contributed by atoms with E-state index in [0.717, 1.165) is 0 Å². The van der Waals surface area contributed by atoms with E-state index in [1.54, 1.807) is 24.0 Å². The molecule has 0 aromatic heterocycles. The van der Waals surface area contributed by atoms with Crippen LogP contribution in [-0.4, -0.2) is 47.5 Å². The van der Waals surface area contributed by atoms with Gasteiger partial charge in [0.05, 0.1) is 0 Å². The maximum absolute atomic E-state index is 13.5. The van der Waals surface area contributed by atoms with Gasteiger partial charge in [0.2, 0.25) is 5.91 Å². The van der Waals surface area contributed by atoms with Crippen LogP contribution in [0.25, 0.3) is 0 Å². The molecule has 1 fully saturated rings. The first-order valence-corrected chi connectivity index (χ1v) is 9.14. The van der Waals surface area contributed by atoms with Gasteiger partial charge in [0.15, 0.2) is 0 Å². The summed E-state index contributed by atoms with van der Waals surface area (Å²) in [5.41, 5.74) is 1.28. The number of carboxylic acids is 1. The molecule has 3 N–H and O–H groups in total. The summed E-state index contributed by atoms with van der Waals surface area (Å²) in [5.74, 6) is -1.43. The molecule has 0 atom stereocenters.